The van der Waals surface area contributed by atoms with Gasteiger partial charge in [0.2, 0.25) is 0 Å². The highest BCUT2D eigenvalue weighted by atomic mass is 19.4. The van der Waals surface area contributed by atoms with Gasteiger partial charge in [0.15, 0.2) is 0 Å². The fourth-order valence-corrected chi connectivity index (χ4v) is 4.19. The first kappa shape index (κ1) is 19.7. The zero-order chi connectivity index (χ0) is 17.6. The van der Waals surface area contributed by atoms with E-state index in [0.717, 1.165) is 24.7 Å². The van der Waals surface area contributed by atoms with Crippen molar-refractivity contribution in [2.75, 3.05) is 6.61 Å². The van der Waals surface area contributed by atoms with Crippen LogP contribution >= 0.6 is 0 Å². The molecule has 2 fully saturated rings. The average molecular weight is 350 g/mol. The molecule has 2 atom stereocenters. The fourth-order valence-electron chi connectivity index (χ4n) is 4.19. The van der Waals surface area contributed by atoms with E-state index >= 15 is 0 Å². The normalized spacial score (nSPS) is 32.8. The third kappa shape index (κ3) is 6.73. The van der Waals surface area contributed by atoms with Crippen LogP contribution in [0, 0.1) is 17.8 Å². The Hall–Kier alpha value is -0.580. The second kappa shape index (κ2) is 9.21. The number of rotatable bonds is 6. The first-order chi connectivity index (χ1) is 11.4. The summed E-state index contributed by atoms with van der Waals surface area (Å²) in [5, 5.41) is 0. The van der Waals surface area contributed by atoms with Crippen molar-refractivity contribution in [1.82, 2.24) is 0 Å². The van der Waals surface area contributed by atoms with Crippen molar-refractivity contribution in [2.45, 2.75) is 83.4 Å². The predicted molar refractivity (Wildman–Crippen MR) is 87.3 cm³/mol. The maximum absolute atomic E-state index is 13.5. The standard InChI is InChI=1S/C19H30F4O/c1-2-3-14-4-6-15(7-5-14)8-9-16-10-11-18(24-13-16)17(20)12-19(21,22)23/h12,14-16,18H,2-11,13H2,1H3/b17-12-. The summed E-state index contributed by atoms with van der Waals surface area (Å²) >= 11 is 0. The lowest BCUT2D eigenvalue weighted by Crippen LogP contribution is -2.27. The number of hydrogen-bond donors (Lipinski definition) is 0. The third-order valence-corrected chi connectivity index (χ3v) is 5.63. The first-order valence-electron chi connectivity index (χ1n) is 9.44. The molecule has 1 nitrogen and oxygen atoms in total. The number of ether oxygens (including phenoxy) is 1. The van der Waals surface area contributed by atoms with Crippen LogP contribution in [0.4, 0.5) is 17.6 Å². The summed E-state index contributed by atoms with van der Waals surface area (Å²) in [4.78, 5) is 0. The van der Waals surface area contributed by atoms with Gasteiger partial charge in [-0.25, -0.2) is 4.39 Å². The van der Waals surface area contributed by atoms with Gasteiger partial charge >= 0.3 is 6.18 Å². The molecule has 1 aliphatic carbocycles. The van der Waals surface area contributed by atoms with Crippen molar-refractivity contribution in [3.8, 4) is 0 Å². The molecule has 0 amide bonds. The third-order valence-electron chi connectivity index (χ3n) is 5.63. The highest BCUT2D eigenvalue weighted by Gasteiger charge is 2.31. The minimum Gasteiger partial charge on any atom is -0.371 e. The molecular formula is C19H30F4O. The predicted octanol–water partition coefficient (Wildman–Crippen LogP) is 6.58. The molecule has 0 aromatic rings. The number of hydrogen-bond acceptors (Lipinski definition) is 1. The van der Waals surface area contributed by atoms with Gasteiger partial charge < -0.3 is 4.74 Å². The zero-order valence-corrected chi connectivity index (χ0v) is 14.6. The zero-order valence-electron chi connectivity index (χ0n) is 14.6. The summed E-state index contributed by atoms with van der Waals surface area (Å²) in [6.07, 6.45) is 5.38. The van der Waals surface area contributed by atoms with E-state index in [9.17, 15) is 17.6 Å². The molecule has 2 aliphatic rings. The summed E-state index contributed by atoms with van der Waals surface area (Å²) in [5.41, 5.74) is 0. The van der Waals surface area contributed by atoms with E-state index in [-0.39, 0.29) is 6.08 Å². The van der Waals surface area contributed by atoms with E-state index in [0.29, 0.717) is 18.9 Å². The monoisotopic (exact) mass is 350 g/mol. The van der Waals surface area contributed by atoms with Gasteiger partial charge in [-0.3, -0.25) is 0 Å². The highest BCUT2D eigenvalue weighted by Crippen LogP contribution is 2.36. The number of halogens is 4. The molecule has 2 rings (SSSR count). The van der Waals surface area contributed by atoms with Gasteiger partial charge in [-0.2, -0.15) is 13.2 Å². The molecule has 1 aliphatic heterocycles. The van der Waals surface area contributed by atoms with Gasteiger partial charge in [0.1, 0.15) is 11.9 Å². The molecular weight excluding hydrogens is 320 g/mol. The van der Waals surface area contributed by atoms with Crippen molar-refractivity contribution in [3.63, 3.8) is 0 Å². The molecule has 1 heterocycles. The van der Waals surface area contributed by atoms with Crippen LogP contribution in [0.25, 0.3) is 0 Å². The molecule has 0 aromatic carbocycles. The Morgan fingerprint density at radius 3 is 1.96 bits per heavy atom. The van der Waals surface area contributed by atoms with Crippen molar-refractivity contribution in [1.29, 1.82) is 0 Å². The van der Waals surface area contributed by atoms with E-state index < -0.39 is 18.1 Å². The van der Waals surface area contributed by atoms with Crippen LogP contribution < -0.4 is 0 Å². The minimum atomic E-state index is -4.61. The maximum atomic E-state index is 13.5. The largest absolute Gasteiger partial charge is 0.412 e. The van der Waals surface area contributed by atoms with Crippen LogP contribution in [0.2, 0.25) is 0 Å². The molecule has 0 bridgehead atoms. The SMILES string of the molecule is CCCC1CCC(CCC2CCC(/C(F)=C/C(F)(F)F)OC2)CC1. The number of allylic oxidation sites excluding steroid dienone is 1. The van der Waals surface area contributed by atoms with Crippen LogP contribution in [0.15, 0.2) is 11.9 Å². The minimum absolute atomic E-state index is 0.271. The number of alkyl halides is 3. The van der Waals surface area contributed by atoms with Gasteiger partial charge in [-0.05, 0) is 37.0 Å². The van der Waals surface area contributed by atoms with Gasteiger partial charge in [0.05, 0.1) is 12.7 Å². The molecule has 140 valence electrons. The summed E-state index contributed by atoms with van der Waals surface area (Å²) in [6, 6.07) is 0. The Kier molecular flexibility index (Phi) is 7.58. The molecule has 0 N–H and O–H groups in total. The first-order valence-corrected chi connectivity index (χ1v) is 9.44. The highest BCUT2D eigenvalue weighted by molar-refractivity contribution is 5.04. The Balaban J connectivity index is 1.64. The van der Waals surface area contributed by atoms with Crippen molar-refractivity contribution < 1.29 is 22.3 Å². The van der Waals surface area contributed by atoms with Crippen LogP contribution in [-0.2, 0) is 4.74 Å². The quantitative estimate of drug-likeness (QED) is 0.491. The van der Waals surface area contributed by atoms with E-state index in [1.54, 1.807) is 0 Å². The fraction of sp³-hybridized carbons (Fsp3) is 0.895. The molecule has 0 spiro atoms. The lowest BCUT2D eigenvalue weighted by atomic mass is 9.77. The second-order valence-corrected chi connectivity index (χ2v) is 7.59. The maximum Gasteiger partial charge on any atom is 0.412 e. The molecule has 5 heteroatoms. The Labute approximate surface area is 142 Å². The summed E-state index contributed by atoms with van der Waals surface area (Å²) < 4.78 is 55.4. The van der Waals surface area contributed by atoms with Crippen molar-refractivity contribution >= 4 is 0 Å². The van der Waals surface area contributed by atoms with Crippen molar-refractivity contribution in [3.05, 3.63) is 11.9 Å². The van der Waals surface area contributed by atoms with Crippen LogP contribution in [0.3, 0.4) is 0 Å². The van der Waals surface area contributed by atoms with E-state index in [1.807, 2.05) is 0 Å². The summed E-state index contributed by atoms with van der Waals surface area (Å²) in [5.74, 6) is 0.884. The topological polar surface area (TPSA) is 9.23 Å². The van der Waals surface area contributed by atoms with Gasteiger partial charge in [-0.1, -0.05) is 51.9 Å². The Bertz CT molecular complexity index is 389. The molecule has 1 saturated heterocycles. The smallest absolute Gasteiger partial charge is 0.371 e. The van der Waals surface area contributed by atoms with Crippen LogP contribution in [0.1, 0.15) is 71.1 Å². The molecule has 0 radical (unpaired) electrons. The van der Waals surface area contributed by atoms with E-state index in [2.05, 4.69) is 6.92 Å². The van der Waals surface area contributed by atoms with Gasteiger partial charge in [-0.15, -0.1) is 0 Å². The Morgan fingerprint density at radius 1 is 0.917 bits per heavy atom. The molecule has 1 saturated carbocycles. The lowest BCUT2D eigenvalue weighted by Gasteiger charge is -2.31. The summed E-state index contributed by atoms with van der Waals surface area (Å²) in [6.45, 7) is 2.63. The van der Waals surface area contributed by atoms with E-state index in [4.69, 9.17) is 4.74 Å². The van der Waals surface area contributed by atoms with Crippen molar-refractivity contribution in [2.24, 2.45) is 17.8 Å². The molecule has 0 aromatic heterocycles. The Morgan fingerprint density at radius 2 is 1.46 bits per heavy atom. The van der Waals surface area contributed by atoms with Gasteiger partial charge in [0, 0.05) is 0 Å². The van der Waals surface area contributed by atoms with Crippen LogP contribution in [-0.4, -0.2) is 18.9 Å². The molecule has 2 unspecified atom stereocenters. The van der Waals surface area contributed by atoms with Crippen LogP contribution in [0.5, 0.6) is 0 Å². The second-order valence-electron chi connectivity index (χ2n) is 7.59. The lowest BCUT2D eigenvalue weighted by molar-refractivity contribution is -0.0847. The average Bonchev–Trinajstić information content (AvgIpc) is 2.53. The molecule has 24 heavy (non-hydrogen) atoms. The van der Waals surface area contributed by atoms with Gasteiger partial charge in [0.25, 0.3) is 0 Å². The summed E-state index contributed by atoms with van der Waals surface area (Å²) in [7, 11) is 0. The van der Waals surface area contributed by atoms with E-state index in [1.165, 1.54) is 44.9 Å².